The molecule has 3 nitrogen and oxygen atoms in total. The number of nitrogens with two attached hydrogens (primary N) is 1. The van der Waals surface area contributed by atoms with Crippen molar-refractivity contribution in [1.82, 2.24) is 9.62 Å². The second kappa shape index (κ2) is 4.98. The molecule has 0 aromatic heterocycles. The molecule has 0 aliphatic carbocycles. The average Bonchev–Trinajstić information content (AvgIpc) is 2.04. The first-order valence-electron chi connectivity index (χ1n) is 4.10. The Morgan fingerprint density at radius 3 is 2.73 bits per heavy atom. The smallest absolute Gasteiger partial charge is 0.00997 e. The Morgan fingerprint density at radius 1 is 1.55 bits per heavy atom. The summed E-state index contributed by atoms with van der Waals surface area (Å²) in [6, 6.07) is 0. The number of rotatable bonds is 3. The van der Waals surface area contributed by atoms with Gasteiger partial charge in [-0.05, 0) is 38.9 Å². The predicted molar refractivity (Wildman–Crippen MR) is 50.0 cm³/mol. The topological polar surface area (TPSA) is 41.3 Å². The third kappa shape index (κ3) is 3.42. The van der Waals surface area contributed by atoms with Gasteiger partial charge < -0.3 is 4.90 Å². The summed E-state index contributed by atoms with van der Waals surface area (Å²) in [5.41, 5.74) is 0. The molecule has 0 atom stereocenters. The quantitative estimate of drug-likeness (QED) is 0.611. The average molecular weight is 175 g/mol. The molecule has 0 unspecified atom stereocenters. The van der Waals surface area contributed by atoms with Crippen LogP contribution in [0.1, 0.15) is 12.8 Å². The van der Waals surface area contributed by atoms with E-state index in [0.717, 1.165) is 12.5 Å². The van der Waals surface area contributed by atoms with Crippen molar-refractivity contribution in [3.63, 3.8) is 0 Å². The van der Waals surface area contributed by atoms with E-state index in [0.29, 0.717) is 0 Å². The summed E-state index contributed by atoms with van der Waals surface area (Å²) in [6.07, 6.45) is 2.62. The van der Waals surface area contributed by atoms with E-state index in [1.54, 1.807) is 0 Å². The fourth-order valence-corrected chi connectivity index (χ4v) is 1.76. The fourth-order valence-electron chi connectivity index (χ4n) is 1.43. The van der Waals surface area contributed by atoms with Gasteiger partial charge in [0.1, 0.15) is 0 Å². The summed E-state index contributed by atoms with van der Waals surface area (Å²) < 4.78 is 3.11. The molecule has 11 heavy (non-hydrogen) atoms. The number of likely N-dealkylation sites (tertiary alicyclic amines) is 1. The highest BCUT2D eigenvalue weighted by Crippen LogP contribution is 2.14. The van der Waals surface area contributed by atoms with Gasteiger partial charge in [-0.3, -0.25) is 9.86 Å². The Morgan fingerprint density at radius 2 is 2.18 bits per heavy atom. The Bertz CT molecular complexity index is 99.1. The molecule has 0 amide bonds. The normalized spacial score (nSPS) is 22.4. The van der Waals surface area contributed by atoms with Gasteiger partial charge in [-0.15, -0.1) is 0 Å². The summed E-state index contributed by atoms with van der Waals surface area (Å²) in [7, 11) is 2.18. The molecule has 4 heteroatoms. The molecule has 1 aliphatic heterocycles. The molecule has 1 aliphatic rings. The number of piperidine rings is 1. The molecule has 0 radical (unpaired) electrons. The molecule has 1 fully saturated rings. The van der Waals surface area contributed by atoms with Gasteiger partial charge in [-0.1, -0.05) is 0 Å². The number of hydrogen-bond acceptors (Lipinski definition) is 4. The third-order valence-corrected chi connectivity index (χ3v) is 2.63. The first-order valence-corrected chi connectivity index (χ1v) is 4.98. The van der Waals surface area contributed by atoms with E-state index in [1.807, 2.05) is 0 Å². The molecular weight excluding hydrogens is 158 g/mol. The molecular formula is C7H17N3S. The summed E-state index contributed by atoms with van der Waals surface area (Å²) in [5, 5.41) is 5.27. The van der Waals surface area contributed by atoms with Crippen molar-refractivity contribution in [2.75, 3.05) is 26.7 Å². The van der Waals surface area contributed by atoms with Crippen molar-refractivity contribution in [1.29, 1.82) is 0 Å². The van der Waals surface area contributed by atoms with Crippen molar-refractivity contribution in [2.45, 2.75) is 12.8 Å². The first kappa shape index (κ1) is 9.32. The van der Waals surface area contributed by atoms with Crippen LogP contribution in [-0.4, -0.2) is 31.6 Å². The van der Waals surface area contributed by atoms with E-state index < -0.39 is 0 Å². The molecule has 1 rings (SSSR count). The van der Waals surface area contributed by atoms with Crippen LogP contribution in [0.15, 0.2) is 0 Å². The van der Waals surface area contributed by atoms with Crippen LogP contribution in [0.2, 0.25) is 0 Å². The lowest BCUT2D eigenvalue weighted by Gasteiger charge is -2.28. The van der Waals surface area contributed by atoms with Gasteiger partial charge in [0.15, 0.2) is 0 Å². The van der Waals surface area contributed by atoms with Crippen molar-refractivity contribution in [2.24, 2.45) is 11.1 Å². The van der Waals surface area contributed by atoms with Gasteiger partial charge in [0.25, 0.3) is 0 Å². The maximum atomic E-state index is 5.27. The summed E-state index contributed by atoms with van der Waals surface area (Å²) in [6.45, 7) is 3.54. The van der Waals surface area contributed by atoms with Crippen molar-refractivity contribution < 1.29 is 0 Å². The van der Waals surface area contributed by atoms with Crippen LogP contribution in [0.25, 0.3) is 0 Å². The minimum Gasteiger partial charge on any atom is -0.306 e. The van der Waals surface area contributed by atoms with Crippen LogP contribution in [-0.2, 0) is 0 Å². The SMILES string of the molecule is CN1CCC(CNSN)CC1. The van der Waals surface area contributed by atoms with Crippen LogP contribution < -0.4 is 9.86 Å². The minimum atomic E-state index is 0.835. The lowest BCUT2D eigenvalue weighted by atomic mass is 9.98. The lowest BCUT2D eigenvalue weighted by Crippen LogP contribution is -2.33. The molecule has 0 aromatic carbocycles. The number of hydrogen-bond donors (Lipinski definition) is 2. The van der Waals surface area contributed by atoms with Crippen LogP contribution >= 0.6 is 12.1 Å². The molecule has 66 valence electrons. The molecule has 0 spiro atoms. The third-order valence-electron chi connectivity index (χ3n) is 2.29. The van der Waals surface area contributed by atoms with Gasteiger partial charge in [-0.25, -0.2) is 0 Å². The second-order valence-corrected chi connectivity index (χ2v) is 3.74. The number of nitrogens with zero attached hydrogens (tertiary/aromatic N) is 1. The molecule has 0 saturated carbocycles. The maximum absolute atomic E-state index is 5.27. The van der Waals surface area contributed by atoms with E-state index in [1.165, 1.54) is 38.1 Å². The minimum absolute atomic E-state index is 0.835. The van der Waals surface area contributed by atoms with Gasteiger partial charge in [-0.2, -0.15) is 0 Å². The summed E-state index contributed by atoms with van der Waals surface area (Å²) in [4.78, 5) is 2.38. The van der Waals surface area contributed by atoms with Gasteiger partial charge in [0.05, 0.1) is 0 Å². The van der Waals surface area contributed by atoms with Gasteiger partial charge in [0.2, 0.25) is 0 Å². The number of nitrogens with one attached hydrogen (secondary N) is 1. The molecule has 1 saturated heterocycles. The summed E-state index contributed by atoms with van der Waals surface area (Å²) in [5.74, 6) is 0.835. The molecule has 1 heterocycles. The standard InChI is InChI=1S/C7H17N3S/c1-10-4-2-7(3-5-10)6-9-11-8/h7,9H,2-6,8H2,1H3. The monoisotopic (exact) mass is 175 g/mol. The fraction of sp³-hybridized carbons (Fsp3) is 1.00. The summed E-state index contributed by atoms with van der Waals surface area (Å²) >= 11 is 1.23. The zero-order chi connectivity index (χ0) is 8.10. The maximum Gasteiger partial charge on any atom is 0.00997 e. The zero-order valence-corrected chi connectivity index (χ0v) is 7.86. The zero-order valence-electron chi connectivity index (χ0n) is 7.05. The Balaban J connectivity index is 2.07. The van der Waals surface area contributed by atoms with Crippen molar-refractivity contribution >= 4 is 12.1 Å². The highest BCUT2D eigenvalue weighted by atomic mass is 32.2. The van der Waals surface area contributed by atoms with Gasteiger partial charge >= 0.3 is 0 Å². The Hall–Kier alpha value is 0.230. The Kier molecular flexibility index (Phi) is 4.22. The van der Waals surface area contributed by atoms with Crippen LogP contribution in [0.4, 0.5) is 0 Å². The largest absolute Gasteiger partial charge is 0.306 e. The van der Waals surface area contributed by atoms with Crippen LogP contribution in [0.5, 0.6) is 0 Å². The van der Waals surface area contributed by atoms with E-state index in [2.05, 4.69) is 16.7 Å². The predicted octanol–water partition coefficient (Wildman–Crippen LogP) is 0.440. The molecule has 0 bridgehead atoms. The van der Waals surface area contributed by atoms with E-state index in [4.69, 9.17) is 5.14 Å². The van der Waals surface area contributed by atoms with Crippen LogP contribution in [0.3, 0.4) is 0 Å². The van der Waals surface area contributed by atoms with E-state index >= 15 is 0 Å². The lowest BCUT2D eigenvalue weighted by molar-refractivity contribution is 0.221. The highest BCUT2D eigenvalue weighted by molar-refractivity contribution is 7.95. The van der Waals surface area contributed by atoms with E-state index in [-0.39, 0.29) is 0 Å². The van der Waals surface area contributed by atoms with E-state index in [9.17, 15) is 0 Å². The van der Waals surface area contributed by atoms with Gasteiger partial charge in [0, 0.05) is 18.7 Å². The molecule has 0 aromatic rings. The Labute approximate surface area is 73.0 Å². The highest BCUT2D eigenvalue weighted by Gasteiger charge is 2.15. The second-order valence-electron chi connectivity index (χ2n) is 3.21. The van der Waals surface area contributed by atoms with Crippen molar-refractivity contribution in [3.05, 3.63) is 0 Å². The van der Waals surface area contributed by atoms with Crippen LogP contribution in [0, 0.1) is 5.92 Å². The first-order chi connectivity index (χ1) is 5.33. The molecule has 3 N–H and O–H groups in total. The van der Waals surface area contributed by atoms with Crippen molar-refractivity contribution in [3.8, 4) is 0 Å².